The number of aromatic nitrogens is 4. The van der Waals surface area contributed by atoms with Crippen LogP contribution in [0.5, 0.6) is 0 Å². The molecule has 0 spiro atoms. The molecular weight excluding hydrogens is 420 g/mol. The van der Waals surface area contributed by atoms with E-state index in [1.165, 1.54) is 17.6 Å². The lowest BCUT2D eigenvalue weighted by Gasteiger charge is -2.21. The minimum absolute atomic E-state index is 0.0136. The first kappa shape index (κ1) is 20.6. The predicted octanol–water partition coefficient (Wildman–Crippen LogP) is 6.03. The molecule has 0 amide bonds. The summed E-state index contributed by atoms with van der Waals surface area (Å²) in [6.45, 7) is 2.74. The van der Waals surface area contributed by atoms with E-state index in [4.69, 9.17) is 0 Å². The van der Waals surface area contributed by atoms with Crippen LogP contribution in [0.4, 0.5) is 0 Å². The van der Waals surface area contributed by atoms with Gasteiger partial charge in [0.1, 0.15) is 5.69 Å². The molecule has 0 saturated carbocycles. The summed E-state index contributed by atoms with van der Waals surface area (Å²) in [5, 5.41) is 11.2. The van der Waals surface area contributed by atoms with E-state index in [0.717, 1.165) is 58.1 Å². The smallest absolute Gasteiger partial charge is 0.255 e. The average molecular weight is 447 g/mol. The molecule has 34 heavy (non-hydrogen) atoms. The van der Waals surface area contributed by atoms with Gasteiger partial charge in [0.2, 0.25) is 0 Å². The third kappa shape index (κ3) is 3.54. The van der Waals surface area contributed by atoms with Crippen LogP contribution in [-0.4, -0.2) is 19.4 Å². The number of nitrogens with zero attached hydrogens (tertiary/aromatic N) is 4. The van der Waals surface area contributed by atoms with E-state index >= 15 is 0 Å². The van der Waals surface area contributed by atoms with E-state index in [2.05, 4.69) is 53.6 Å². The fourth-order valence-electron chi connectivity index (χ4n) is 5.13. The van der Waals surface area contributed by atoms with Gasteiger partial charge in [-0.25, -0.2) is 4.68 Å². The Bertz CT molecular complexity index is 1610. The first-order valence-electron chi connectivity index (χ1n) is 11.9. The lowest BCUT2D eigenvalue weighted by atomic mass is 9.90. The highest BCUT2D eigenvalue weighted by molar-refractivity contribution is 6.07. The van der Waals surface area contributed by atoms with Crippen molar-refractivity contribution in [3.63, 3.8) is 0 Å². The van der Waals surface area contributed by atoms with Crippen LogP contribution in [-0.2, 0) is 6.54 Å². The minimum Gasteiger partial charge on any atom is -0.276 e. The minimum atomic E-state index is -0.0136. The number of fused-ring (bicyclic) bond motifs is 3. The van der Waals surface area contributed by atoms with Gasteiger partial charge in [-0.3, -0.25) is 9.20 Å². The maximum atomic E-state index is 13.3. The Morgan fingerprint density at radius 3 is 2.65 bits per heavy atom. The zero-order chi connectivity index (χ0) is 23.1. The topological polar surface area (TPSA) is 52.2 Å². The molecule has 0 saturated heterocycles. The summed E-state index contributed by atoms with van der Waals surface area (Å²) >= 11 is 0. The van der Waals surface area contributed by atoms with Crippen LogP contribution in [0, 0.1) is 6.92 Å². The lowest BCUT2D eigenvalue weighted by Crippen LogP contribution is -2.17. The molecule has 0 N–H and O–H groups in total. The zero-order valence-corrected chi connectivity index (χ0v) is 19.2. The number of pyridine rings is 2. The monoisotopic (exact) mass is 446 g/mol. The van der Waals surface area contributed by atoms with Crippen molar-refractivity contribution in [2.75, 3.05) is 0 Å². The summed E-state index contributed by atoms with van der Waals surface area (Å²) in [7, 11) is 0. The highest BCUT2D eigenvalue weighted by atomic mass is 16.1. The Kier molecular flexibility index (Phi) is 5.10. The van der Waals surface area contributed by atoms with Gasteiger partial charge in [-0.2, -0.15) is 0 Å². The van der Waals surface area contributed by atoms with Crippen molar-refractivity contribution < 1.29 is 0 Å². The summed E-state index contributed by atoms with van der Waals surface area (Å²) < 4.78 is 3.77. The second kappa shape index (κ2) is 8.41. The summed E-state index contributed by atoms with van der Waals surface area (Å²) in [6, 6.07) is 22.3. The van der Waals surface area contributed by atoms with Crippen LogP contribution in [0.15, 0.2) is 83.8 Å². The van der Waals surface area contributed by atoms with Crippen LogP contribution in [0.3, 0.4) is 0 Å². The number of allylic oxidation sites excluding steroid dienone is 2. The van der Waals surface area contributed by atoms with Crippen LogP contribution in [0.25, 0.3) is 33.1 Å². The fourth-order valence-corrected chi connectivity index (χ4v) is 5.13. The highest BCUT2D eigenvalue weighted by Gasteiger charge is 2.22. The molecule has 5 heteroatoms. The standard InChI is InChI=1S/C29H26N4O/c1-20-15-16-23-24(17-20)26-13-8-14-27(34)33(26)29(22-11-6-3-7-12-22)28(23)25-19-32(31-30-25)18-21-9-4-2-5-10-21/h2,4-5,8-11,13-17,19H,3,6-7,12,18H2,1H3. The summed E-state index contributed by atoms with van der Waals surface area (Å²) in [4.78, 5) is 13.3. The molecule has 3 aromatic heterocycles. The Balaban J connectivity index is 1.66. The van der Waals surface area contributed by atoms with Crippen LogP contribution < -0.4 is 5.56 Å². The van der Waals surface area contributed by atoms with Gasteiger partial charge in [0, 0.05) is 17.0 Å². The Labute approximate surface area is 198 Å². The van der Waals surface area contributed by atoms with Gasteiger partial charge < -0.3 is 0 Å². The molecule has 5 aromatic rings. The van der Waals surface area contributed by atoms with Crippen LogP contribution in [0.2, 0.25) is 0 Å². The number of hydrogen-bond acceptors (Lipinski definition) is 3. The maximum Gasteiger partial charge on any atom is 0.255 e. The first-order valence-corrected chi connectivity index (χ1v) is 11.9. The third-order valence-electron chi connectivity index (χ3n) is 6.71. The van der Waals surface area contributed by atoms with Gasteiger partial charge in [0.15, 0.2) is 0 Å². The van der Waals surface area contributed by atoms with Gasteiger partial charge in [0.25, 0.3) is 5.56 Å². The highest BCUT2D eigenvalue weighted by Crippen LogP contribution is 2.39. The molecule has 5 nitrogen and oxygen atoms in total. The second-order valence-corrected chi connectivity index (χ2v) is 9.12. The fraction of sp³-hybridized carbons (Fsp3) is 0.207. The van der Waals surface area contributed by atoms with Gasteiger partial charge in [-0.05, 0) is 61.3 Å². The van der Waals surface area contributed by atoms with Crippen LogP contribution in [0.1, 0.15) is 42.5 Å². The molecule has 168 valence electrons. The van der Waals surface area contributed by atoms with Crippen molar-refractivity contribution >= 4 is 21.9 Å². The van der Waals surface area contributed by atoms with E-state index < -0.39 is 0 Å². The molecule has 0 fully saturated rings. The molecular formula is C29H26N4O. The van der Waals surface area contributed by atoms with Crippen LogP contribution >= 0.6 is 0 Å². The molecule has 0 aliphatic heterocycles. The average Bonchev–Trinajstić information content (AvgIpc) is 3.32. The normalized spacial score (nSPS) is 14.0. The predicted molar refractivity (Wildman–Crippen MR) is 137 cm³/mol. The quantitative estimate of drug-likeness (QED) is 0.317. The Morgan fingerprint density at radius 2 is 1.82 bits per heavy atom. The van der Waals surface area contributed by atoms with Crippen molar-refractivity contribution in [3.05, 3.63) is 106 Å². The van der Waals surface area contributed by atoms with Gasteiger partial charge in [-0.1, -0.05) is 65.4 Å². The molecule has 0 radical (unpaired) electrons. The number of hydrogen-bond donors (Lipinski definition) is 0. The zero-order valence-electron chi connectivity index (χ0n) is 19.2. The molecule has 0 bridgehead atoms. The third-order valence-corrected chi connectivity index (χ3v) is 6.71. The molecule has 6 rings (SSSR count). The summed E-state index contributed by atoms with van der Waals surface area (Å²) in [5.74, 6) is 0. The Hall–Kier alpha value is -3.99. The van der Waals surface area contributed by atoms with E-state index in [0.29, 0.717) is 6.54 Å². The molecule has 2 aromatic carbocycles. The maximum absolute atomic E-state index is 13.3. The molecule has 0 unspecified atom stereocenters. The SMILES string of the molecule is Cc1ccc2c(-c3cn(Cc4ccccc4)nn3)c(C3=CCCCC3)n3c(=O)cccc3c2c1. The summed E-state index contributed by atoms with van der Waals surface area (Å²) in [6.07, 6.45) is 8.61. The first-order chi connectivity index (χ1) is 16.7. The van der Waals surface area contributed by atoms with Gasteiger partial charge in [-0.15, -0.1) is 5.10 Å². The van der Waals surface area contributed by atoms with E-state index in [1.54, 1.807) is 6.07 Å². The molecule has 0 atom stereocenters. The van der Waals surface area contributed by atoms with Crippen molar-refractivity contribution in [2.45, 2.75) is 39.2 Å². The van der Waals surface area contributed by atoms with Crippen molar-refractivity contribution in [1.29, 1.82) is 0 Å². The van der Waals surface area contributed by atoms with Crippen molar-refractivity contribution in [2.24, 2.45) is 0 Å². The molecule has 3 heterocycles. The van der Waals surface area contributed by atoms with E-state index in [-0.39, 0.29) is 5.56 Å². The van der Waals surface area contributed by atoms with Gasteiger partial charge in [0.05, 0.1) is 24.0 Å². The van der Waals surface area contributed by atoms with E-state index in [1.807, 2.05) is 45.6 Å². The van der Waals surface area contributed by atoms with Crippen molar-refractivity contribution in [1.82, 2.24) is 19.4 Å². The van der Waals surface area contributed by atoms with E-state index in [9.17, 15) is 4.79 Å². The number of benzene rings is 2. The largest absolute Gasteiger partial charge is 0.276 e. The number of rotatable bonds is 4. The van der Waals surface area contributed by atoms with Gasteiger partial charge >= 0.3 is 0 Å². The molecule has 1 aliphatic rings. The second-order valence-electron chi connectivity index (χ2n) is 9.12. The number of aryl methyl sites for hydroxylation is 1. The lowest BCUT2D eigenvalue weighted by molar-refractivity contribution is 0.650. The van der Waals surface area contributed by atoms with Crippen molar-refractivity contribution in [3.8, 4) is 11.3 Å². The Morgan fingerprint density at radius 1 is 0.941 bits per heavy atom. The molecule has 1 aliphatic carbocycles. The summed E-state index contributed by atoms with van der Waals surface area (Å²) in [5.41, 5.74) is 7.22.